The van der Waals surface area contributed by atoms with Gasteiger partial charge in [-0.25, -0.2) is 0 Å². The largest absolute Gasteiger partial charge is 0.367 e. The van der Waals surface area contributed by atoms with Crippen LogP contribution in [0, 0.1) is 5.92 Å². The van der Waals surface area contributed by atoms with Crippen LogP contribution in [0.4, 0.5) is 0 Å². The second-order valence-electron chi connectivity index (χ2n) is 4.07. The van der Waals surface area contributed by atoms with E-state index in [1.54, 1.807) is 0 Å². The Morgan fingerprint density at radius 2 is 1.71 bits per heavy atom. The molecule has 0 aromatic rings. The summed E-state index contributed by atoms with van der Waals surface area (Å²) < 4.78 is 5.75. The Balaban J connectivity index is 4.59. The predicted octanol–water partition coefficient (Wildman–Crippen LogP) is 3.20. The maximum absolute atomic E-state index is 12.0. The molecule has 0 aliphatic carbocycles. The number of rotatable bonds is 7. The maximum Gasteiger partial charge on any atom is 0.167 e. The van der Waals surface area contributed by atoms with Gasteiger partial charge in [-0.3, -0.25) is 4.79 Å². The fourth-order valence-electron chi connectivity index (χ4n) is 1.70. The molecule has 0 amide bonds. The van der Waals surface area contributed by atoms with E-state index >= 15 is 0 Å². The Morgan fingerprint density at radius 1 is 1.21 bits per heavy atom. The highest BCUT2D eigenvalue weighted by Gasteiger charge is 2.36. The number of carbonyl (C=O) groups is 1. The number of ether oxygens (including phenoxy) is 1. The molecule has 0 aromatic heterocycles. The van der Waals surface area contributed by atoms with Crippen LogP contribution in [-0.2, 0) is 9.53 Å². The molecular weight excluding hydrogens is 176 g/mol. The molecule has 2 heteroatoms. The molecular formula is C12H24O2. The molecule has 0 N–H and O–H groups in total. The second kappa shape index (κ2) is 6.18. The first-order chi connectivity index (χ1) is 6.54. The van der Waals surface area contributed by atoms with Gasteiger partial charge in [0.05, 0.1) is 0 Å². The van der Waals surface area contributed by atoms with E-state index in [9.17, 15) is 4.79 Å². The van der Waals surface area contributed by atoms with E-state index in [2.05, 4.69) is 6.92 Å². The molecule has 0 atom stereocenters. The average Bonchev–Trinajstić information content (AvgIpc) is 2.19. The minimum Gasteiger partial charge on any atom is -0.367 e. The summed E-state index contributed by atoms with van der Waals surface area (Å²) in [4.78, 5) is 12.0. The molecule has 0 spiro atoms. The molecule has 0 aliphatic heterocycles. The van der Waals surface area contributed by atoms with Crippen LogP contribution in [0.1, 0.15) is 53.9 Å². The third-order valence-corrected chi connectivity index (χ3v) is 2.70. The topological polar surface area (TPSA) is 26.3 Å². The summed E-state index contributed by atoms with van der Waals surface area (Å²) in [5.41, 5.74) is -0.524. The van der Waals surface area contributed by atoms with Crippen LogP contribution in [0.15, 0.2) is 0 Å². The minimum atomic E-state index is -0.524. The van der Waals surface area contributed by atoms with Crippen LogP contribution in [0.2, 0.25) is 0 Å². The fourth-order valence-corrected chi connectivity index (χ4v) is 1.70. The van der Waals surface area contributed by atoms with Crippen molar-refractivity contribution in [3.8, 4) is 0 Å². The van der Waals surface area contributed by atoms with Crippen molar-refractivity contribution in [2.45, 2.75) is 59.5 Å². The minimum absolute atomic E-state index is 0.0618. The standard InChI is InChI=1S/C12H24O2/c1-6-9-14-12(7-2,8-3)11(13)10(4)5/h10H,6-9H2,1-5H3. The normalized spacial score (nSPS) is 12.1. The molecule has 0 heterocycles. The third-order valence-electron chi connectivity index (χ3n) is 2.70. The van der Waals surface area contributed by atoms with Gasteiger partial charge in [-0.2, -0.15) is 0 Å². The van der Waals surface area contributed by atoms with E-state index in [4.69, 9.17) is 4.74 Å². The number of carbonyl (C=O) groups excluding carboxylic acids is 1. The van der Waals surface area contributed by atoms with Crippen molar-refractivity contribution < 1.29 is 9.53 Å². The molecule has 84 valence electrons. The number of hydrogen-bond acceptors (Lipinski definition) is 2. The zero-order chi connectivity index (χ0) is 11.2. The van der Waals surface area contributed by atoms with Gasteiger partial charge in [0.15, 0.2) is 5.78 Å². The van der Waals surface area contributed by atoms with Crippen molar-refractivity contribution in [2.24, 2.45) is 5.92 Å². The Morgan fingerprint density at radius 3 is 2.00 bits per heavy atom. The molecule has 0 saturated heterocycles. The molecule has 0 aromatic carbocycles. The molecule has 0 bridgehead atoms. The summed E-state index contributed by atoms with van der Waals surface area (Å²) in [6.45, 7) is 10.7. The lowest BCUT2D eigenvalue weighted by Crippen LogP contribution is -2.43. The van der Waals surface area contributed by atoms with Gasteiger partial charge in [0.2, 0.25) is 0 Å². The van der Waals surface area contributed by atoms with Gasteiger partial charge in [0.25, 0.3) is 0 Å². The van der Waals surface area contributed by atoms with E-state index in [1.807, 2.05) is 27.7 Å². The first-order valence-corrected chi connectivity index (χ1v) is 5.72. The van der Waals surface area contributed by atoms with Crippen LogP contribution in [0.3, 0.4) is 0 Å². The Labute approximate surface area is 88.0 Å². The zero-order valence-electron chi connectivity index (χ0n) is 10.2. The van der Waals surface area contributed by atoms with Gasteiger partial charge in [0.1, 0.15) is 5.60 Å². The van der Waals surface area contributed by atoms with Crippen LogP contribution in [-0.4, -0.2) is 18.0 Å². The highest BCUT2D eigenvalue weighted by molar-refractivity contribution is 5.88. The van der Waals surface area contributed by atoms with Crippen molar-refractivity contribution in [2.75, 3.05) is 6.61 Å². The molecule has 14 heavy (non-hydrogen) atoms. The Bertz CT molecular complexity index is 169. The van der Waals surface area contributed by atoms with Crippen LogP contribution < -0.4 is 0 Å². The summed E-state index contributed by atoms with van der Waals surface area (Å²) in [5.74, 6) is 0.308. The summed E-state index contributed by atoms with van der Waals surface area (Å²) >= 11 is 0. The molecule has 0 radical (unpaired) electrons. The first-order valence-electron chi connectivity index (χ1n) is 5.72. The van der Waals surface area contributed by atoms with Gasteiger partial charge in [0, 0.05) is 12.5 Å². The van der Waals surface area contributed by atoms with Crippen molar-refractivity contribution in [1.29, 1.82) is 0 Å². The van der Waals surface area contributed by atoms with Crippen molar-refractivity contribution in [1.82, 2.24) is 0 Å². The number of hydrogen-bond donors (Lipinski definition) is 0. The molecule has 0 rings (SSSR count). The summed E-state index contributed by atoms with van der Waals surface area (Å²) in [5, 5.41) is 0. The highest BCUT2D eigenvalue weighted by atomic mass is 16.5. The number of ketones is 1. The first kappa shape index (κ1) is 13.6. The van der Waals surface area contributed by atoms with Crippen LogP contribution in [0.5, 0.6) is 0 Å². The molecule has 0 aliphatic rings. The van der Waals surface area contributed by atoms with Gasteiger partial charge >= 0.3 is 0 Å². The molecule has 0 fully saturated rings. The molecule has 0 unspecified atom stereocenters. The lowest BCUT2D eigenvalue weighted by molar-refractivity contribution is -0.149. The second-order valence-corrected chi connectivity index (χ2v) is 4.07. The molecule has 0 saturated carbocycles. The lowest BCUT2D eigenvalue weighted by Gasteiger charge is -2.31. The smallest absolute Gasteiger partial charge is 0.167 e. The predicted molar refractivity (Wildman–Crippen MR) is 59.4 cm³/mol. The van der Waals surface area contributed by atoms with Crippen molar-refractivity contribution in [3.05, 3.63) is 0 Å². The van der Waals surface area contributed by atoms with Gasteiger partial charge in [-0.05, 0) is 19.3 Å². The van der Waals surface area contributed by atoms with Gasteiger partial charge in [-0.15, -0.1) is 0 Å². The van der Waals surface area contributed by atoms with E-state index in [1.165, 1.54) is 0 Å². The van der Waals surface area contributed by atoms with E-state index in [0.717, 1.165) is 19.3 Å². The average molecular weight is 200 g/mol. The Hall–Kier alpha value is -0.370. The van der Waals surface area contributed by atoms with Gasteiger partial charge < -0.3 is 4.74 Å². The highest BCUT2D eigenvalue weighted by Crippen LogP contribution is 2.25. The zero-order valence-corrected chi connectivity index (χ0v) is 10.2. The summed E-state index contributed by atoms with van der Waals surface area (Å²) in [6.07, 6.45) is 2.52. The van der Waals surface area contributed by atoms with Crippen LogP contribution >= 0.6 is 0 Å². The van der Waals surface area contributed by atoms with Crippen molar-refractivity contribution in [3.63, 3.8) is 0 Å². The SMILES string of the molecule is CCCOC(CC)(CC)C(=O)C(C)C. The van der Waals surface area contributed by atoms with Gasteiger partial charge in [-0.1, -0.05) is 34.6 Å². The monoisotopic (exact) mass is 200 g/mol. The van der Waals surface area contributed by atoms with Crippen LogP contribution in [0.25, 0.3) is 0 Å². The number of Topliss-reactive ketones (excluding diaryl/α,β-unsaturated/α-hetero) is 1. The van der Waals surface area contributed by atoms with E-state index in [-0.39, 0.29) is 11.7 Å². The summed E-state index contributed by atoms with van der Waals surface area (Å²) in [6, 6.07) is 0. The van der Waals surface area contributed by atoms with Crippen molar-refractivity contribution >= 4 is 5.78 Å². The quantitative estimate of drug-likeness (QED) is 0.631. The Kier molecular flexibility index (Phi) is 6.01. The lowest BCUT2D eigenvalue weighted by atomic mass is 9.86. The third kappa shape index (κ3) is 3.09. The fraction of sp³-hybridized carbons (Fsp3) is 0.917. The van der Waals surface area contributed by atoms with E-state index < -0.39 is 5.60 Å². The van der Waals surface area contributed by atoms with E-state index in [0.29, 0.717) is 6.61 Å². The summed E-state index contributed by atoms with van der Waals surface area (Å²) in [7, 11) is 0. The maximum atomic E-state index is 12.0. The molecule has 2 nitrogen and oxygen atoms in total.